The van der Waals surface area contributed by atoms with Gasteiger partial charge in [-0.15, -0.1) is 0 Å². The maximum atomic E-state index is 12.7. The molecule has 0 aliphatic rings. The molecule has 0 saturated carbocycles. The van der Waals surface area contributed by atoms with E-state index < -0.39 is 12.1 Å². The Labute approximate surface area is 220 Å². The fourth-order valence-corrected chi connectivity index (χ4v) is 4.63. The van der Waals surface area contributed by atoms with Crippen LogP contribution < -0.4 is 20.7 Å². The summed E-state index contributed by atoms with van der Waals surface area (Å²) in [7, 11) is 2.73. The lowest BCUT2D eigenvalue weighted by Crippen LogP contribution is -2.11. The Morgan fingerprint density at radius 1 is 1.19 bits per heavy atom. The molecule has 2 N–H and O–H groups in total. The molecule has 3 rings (SSSR count). The smallest absolute Gasteiger partial charge is 0.287 e. The van der Waals surface area contributed by atoms with Gasteiger partial charge in [0.1, 0.15) is 23.5 Å². The van der Waals surface area contributed by atoms with Crippen molar-refractivity contribution in [1.29, 1.82) is 0 Å². The Kier molecular flexibility index (Phi) is 9.11. The Bertz CT molecular complexity index is 1410. The first-order valence-electron chi connectivity index (χ1n) is 11.2. The number of benzene rings is 2. The molecule has 0 atom stereocenters. The second kappa shape index (κ2) is 12.1. The molecular weight excluding hydrogens is 515 g/mol. The van der Waals surface area contributed by atoms with Crippen LogP contribution in [0.4, 0.5) is 28.8 Å². The van der Waals surface area contributed by atoms with Crippen molar-refractivity contribution in [2.45, 2.75) is 6.42 Å². The summed E-state index contributed by atoms with van der Waals surface area (Å²) < 4.78 is 18.2. The number of para-hydroxylation sites is 1. The molecule has 1 heterocycles. The van der Waals surface area contributed by atoms with Gasteiger partial charge in [0.25, 0.3) is 5.69 Å². The summed E-state index contributed by atoms with van der Waals surface area (Å²) in [5, 5.41) is 18.7. The Hall–Kier alpha value is -3.64. The first-order chi connectivity index (χ1) is 17.5. The Morgan fingerprint density at radius 2 is 1.92 bits per heavy atom. The van der Waals surface area contributed by atoms with Gasteiger partial charge in [-0.05, 0) is 39.6 Å². The third kappa shape index (κ3) is 7.43. The van der Waals surface area contributed by atoms with Crippen LogP contribution >= 0.6 is 18.7 Å². The highest BCUT2D eigenvalue weighted by molar-refractivity contribution is 7.70. The average Bonchev–Trinajstić information content (AvgIpc) is 2.83. The van der Waals surface area contributed by atoms with Gasteiger partial charge in [-0.1, -0.05) is 35.6 Å². The zero-order valence-electron chi connectivity index (χ0n) is 21.2. The van der Waals surface area contributed by atoms with Crippen molar-refractivity contribution in [1.82, 2.24) is 14.9 Å². The maximum Gasteiger partial charge on any atom is 0.287 e. The van der Waals surface area contributed by atoms with Crippen LogP contribution in [0, 0.1) is 22.0 Å². The molecule has 3 aromatic rings. The van der Waals surface area contributed by atoms with Gasteiger partial charge in [0, 0.05) is 30.4 Å². The number of nitrogens with zero attached hydrogens (tertiary/aromatic N) is 4. The zero-order valence-corrected chi connectivity index (χ0v) is 22.9. The zero-order chi connectivity index (χ0) is 27.2. The molecule has 0 saturated heterocycles. The van der Waals surface area contributed by atoms with Crippen LogP contribution in [0.2, 0.25) is 5.02 Å². The minimum atomic E-state index is -2.58. The molecule has 37 heavy (non-hydrogen) atoms. The third-order valence-corrected chi connectivity index (χ3v) is 6.98. The molecule has 0 aliphatic carbocycles. The number of rotatable bonds is 9. The van der Waals surface area contributed by atoms with Crippen molar-refractivity contribution in [3.05, 3.63) is 63.3 Å². The van der Waals surface area contributed by atoms with Crippen molar-refractivity contribution in [2.75, 3.05) is 51.7 Å². The number of hydrogen-bond acceptors (Lipinski definition) is 9. The normalized spacial score (nSPS) is 11.0. The van der Waals surface area contributed by atoms with E-state index in [1.54, 1.807) is 25.5 Å². The molecule has 0 amide bonds. The number of aromatic nitrogens is 2. The highest BCUT2D eigenvalue weighted by Gasteiger charge is 2.20. The van der Waals surface area contributed by atoms with E-state index >= 15 is 0 Å². The van der Waals surface area contributed by atoms with Gasteiger partial charge in [-0.2, -0.15) is 4.98 Å². The van der Waals surface area contributed by atoms with Crippen LogP contribution in [-0.2, 0) is 4.57 Å². The standard InChI is InChI=1S/C25H28ClN6O4P/c1-31(2)13-9-8-10-17-14-22(36-3)20(15-21(17)32(33)34)29-25-27-16-18(26)24(30-25)28-19-11-6-7-12-23(19)37(4,5)35/h6-7,11-12,14-16H,9,13H2,1-5H3,(H2,27,28,29,30). The molecule has 1 aromatic heterocycles. The van der Waals surface area contributed by atoms with Crippen LogP contribution in [0.1, 0.15) is 12.0 Å². The number of halogens is 1. The predicted molar refractivity (Wildman–Crippen MR) is 149 cm³/mol. The predicted octanol–water partition coefficient (Wildman–Crippen LogP) is 5.09. The second-order valence-corrected chi connectivity index (χ2v) is 12.3. The van der Waals surface area contributed by atoms with Gasteiger partial charge in [0.15, 0.2) is 5.82 Å². The molecule has 2 aromatic carbocycles. The van der Waals surface area contributed by atoms with Crippen LogP contribution in [0.3, 0.4) is 0 Å². The number of methoxy groups -OCH3 is 1. The van der Waals surface area contributed by atoms with Gasteiger partial charge in [-0.3, -0.25) is 10.1 Å². The topological polar surface area (TPSA) is 123 Å². The third-order valence-electron chi connectivity index (χ3n) is 5.15. The first kappa shape index (κ1) is 27.9. The van der Waals surface area contributed by atoms with E-state index in [-0.39, 0.29) is 33.7 Å². The molecule has 0 bridgehead atoms. The highest BCUT2D eigenvalue weighted by atomic mass is 35.5. The van der Waals surface area contributed by atoms with Crippen molar-refractivity contribution < 1.29 is 14.2 Å². The summed E-state index contributed by atoms with van der Waals surface area (Å²) in [6.45, 7) is 4.09. The quantitative estimate of drug-likeness (QED) is 0.165. The van der Waals surface area contributed by atoms with E-state index in [0.29, 0.717) is 23.2 Å². The summed E-state index contributed by atoms with van der Waals surface area (Å²) in [6, 6.07) is 10.0. The van der Waals surface area contributed by atoms with Gasteiger partial charge >= 0.3 is 0 Å². The number of nitro groups is 1. The Balaban J connectivity index is 1.95. The molecule has 0 spiro atoms. The SMILES string of the molecule is COc1cc(C#CCCN(C)C)c([N+](=O)[O-])cc1Nc1ncc(Cl)c(Nc2ccccc2P(C)(C)=O)n1. The van der Waals surface area contributed by atoms with Crippen molar-refractivity contribution in [3.63, 3.8) is 0 Å². The van der Waals surface area contributed by atoms with Gasteiger partial charge in [-0.25, -0.2) is 4.98 Å². The van der Waals surface area contributed by atoms with Gasteiger partial charge in [0.05, 0.1) is 29.6 Å². The summed E-state index contributed by atoms with van der Waals surface area (Å²) in [6.07, 6.45) is 1.96. The van der Waals surface area contributed by atoms with Crippen molar-refractivity contribution in [3.8, 4) is 17.6 Å². The minimum Gasteiger partial charge on any atom is -0.495 e. The van der Waals surface area contributed by atoms with Crippen molar-refractivity contribution in [2.24, 2.45) is 0 Å². The summed E-state index contributed by atoms with van der Waals surface area (Å²) >= 11 is 6.33. The molecule has 0 fully saturated rings. The van der Waals surface area contributed by atoms with Crippen LogP contribution in [0.15, 0.2) is 42.6 Å². The van der Waals surface area contributed by atoms with E-state index in [2.05, 4.69) is 32.4 Å². The summed E-state index contributed by atoms with van der Waals surface area (Å²) in [4.78, 5) is 21.9. The van der Waals surface area contributed by atoms with Crippen LogP contribution in [-0.4, -0.2) is 60.9 Å². The number of nitro benzene ring substituents is 1. The second-order valence-electron chi connectivity index (χ2n) is 8.69. The lowest BCUT2D eigenvalue weighted by molar-refractivity contribution is -0.385. The lowest BCUT2D eigenvalue weighted by Gasteiger charge is -2.16. The molecule has 194 valence electrons. The number of anilines is 4. The summed E-state index contributed by atoms with van der Waals surface area (Å²) in [5.74, 6) is 6.56. The van der Waals surface area contributed by atoms with E-state index in [4.69, 9.17) is 16.3 Å². The molecule has 0 unspecified atom stereocenters. The van der Waals surface area contributed by atoms with E-state index in [0.717, 1.165) is 6.54 Å². The van der Waals surface area contributed by atoms with E-state index in [9.17, 15) is 14.7 Å². The van der Waals surface area contributed by atoms with Gasteiger partial charge in [0.2, 0.25) is 5.95 Å². The van der Waals surface area contributed by atoms with Crippen molar-refractivity contribution >= 4 is 52.9 Å². The van der Waals surface area contributed by atoms with Crippen LogP contribution in [0.25, 0.3) is 0 Å². The maximum absolute atomic E-state index is 12.7. The molecule has 0 radical (unpaired) electrons. The molecule has 0 aliphatic heterocycles. The van der Waals surface area contributed by atoms with Crippen LogP contribution in [0.5, 0.6) is 5.75 Å². The fraction of sp³-hybridized carbons (Fsp3) is 0.280. The number of nitrogens with one attached hydrogen (secondary N) is 2. The summed E-state index contributed by atoms with van der Waals surface area (Å²) in [5.41, 5.74) is 0.954. The Morgan fingerprint density at radius 3 is 2.57 bits per heavy atom. The monoisotopic (exact) mass is 542 g/mol. The largest absolute Gasteiger partial charge is 0.495 e. The molecule has 10 nitrogen and oxygen atoms in total. The highest BCUT2D eigenvalue weighted by Crippen LogP contribution is 2.39. The number of ether oxygens (including phenoxy) is 1. The first-order valence-corrected chi connectivity index (χ1v) is 14.2. The lowest BCUT2D eigenvalue weighted by atomic mass is 10.1. The number of hydrogen-bond donors (Lipinski definition) is 2. The molecular formula is C25H28ClN6O4P. The van der Waals surface area contributed by atoms with Gasteiger partial charge < -0.3 is 24.8 Å². The minimum absolute atomic E-state index is 0.123. The average molecular weight is 543 g/mol. The van der Waals surface area contributed by atoms with E-state index in [1.165, 1.54) is 25.4 Å². The fourth-order valence-electron chi connectivity index (χ4n) is 3.34. The van der Waals surface area contributed by atoms with E-state index in [1.807, 2.05) is 31.1 Å². The molecule has 12 heteroatoms.